The summed E-state index contributed by atoms with van der Waals surface area (Å²) in [6, 6.07) is 36.7. The van der Waals surface area contributed by atoms with Crippen molar-refractivity contribution in [1.82, 2.24) is 19.4 Å². The monoisotopic (exact) mass is 673 g/mol. The van der Waals surface area contributed by atoms with Crippen molar-refractivity contribution in [1.29, 1.82) is 0 Å². The summed E-state index contributed by atoms with van der Waals surface area (Å²) >= 11 is 0. The molecule has 0 saturated heterocycles. The minimum absolute atomic E-state index is 0. The molecule has 0 unspecified atom stereocenters. The van der Waals surface area contributed by atoms with Gasteiger partial charge in [-0.2, -0.15) is 0 Å². The maximum absolute atomic E-state index is 4.96. The Kier molecular flexibility index (Phi) is 5.78. The van der Waals surface area contributed by atoms with Gasteiger partial charge >= 0.3 is 21.1 Å². The van der Waals surface area contributed by atoms with Gasteiger partial charge in [0.05, 0.1) is 19.1 Å². The molecule has 4 aromatic heterocycles. The number of nitrogens with zero attached hydrogens (tertiary/aromatic N) is 4. The molecular weight excluding hydrogens is 652 g/mol. The Labute approximate surface area is 230 Å². The van der Waals surface area contributed by atoms with E-state index < -0.39 is 8.07 Å². The minimum atomic E-state index is -2.12. The molecule has 0 spiro atoms. The van der Waals surface area contributed by atoms with Gasteiger partial charge in [-0.3, -0.25) is 0 Å². The van der Waals surface area contributed by atoms with Crippen molar-refractivity contribution in [2.45, 2.75) is 13.1 Å². The number of pyridine rings is 3. The van der Waals surface area contributed by atoms with Gasteiger partial charge in [0.1, 0.15) is 5.65 Å². The summed E-state index contributed by atoms with van der Waals surface area (Å²) in [6.45, 7) is 4.72. The van der Waals surface area contributed by atoms with E-state index in [0.717, 1.165) is 49.7 Å². The van der Waals surface area contributed by atoms with E-state index in [1.807, 2.05) is 42.7 Å². The van der Waals surface area contributed by atoms with E-state index in [0.29, 0.717) is 0 Å². The average Bonchev–Trinajstić information content (AvgIpc) is 3.34. The van der Waals surface area contributed by atoms with E-state index in [-0.39, 0.29) is 21.1 Å². The second-order valence-corrected chi connectivity index (χ2v) is 13.9. The van der Waals surface area contributed by atoms with Crippen LogP contribution < -0.4 is 10.4 Å². The van der Waals surface area contributed by atoms with Crippen LogP contribution in [0, 0.1) is 12.1 Å². The van der Waals surface area contributed by atoms with Crippen LogP contribution >= 0.6 is 0 Å². The van der Waals surface area contributed by atoms with Crippen LogP contribution in [0.4, 0.5) is 0 Å². The first kappa shape index (κ1) is 23.7. The summed E-state index contributed by atoms with van der Waals surface area (Å²) in [5.74, 6) is 0. The second-order valence-electron chi connectivity index (χ2n) is 9.61. The quantitative estimate of drug-likeness (QED) is 0.138. The third kappa shape index (κ3) is 3.73. The van der Waals surface area contributed by atoms with Crippen LogP contribution in [0.1, 0.15) is 0 Å². The number of benzene rings is 3. The molecule has 0 fully saturated rings. The van der Waals surface area contributed by atoms with Crippen molar-refractivity contribution in [2.75, 3.05) is 0 Å². The first-order valence-electron chi connectivity index (χ1n) is 12.1. The second kappa shape index (κ2) is 9.02. The third-order valence-corrected chi connectivity index (χ3v) is 10.4. The van der Waals surface area contributed by atoms with Crippen LogP contribution in [-0.4, -0.2) is 27.4 Å². The first-order valence-corrected chi connectivity index (χ1v) is 15.1. The van der Waals surface area contributed by atoms with E-state index in [4.69, 9.17) is 9.97 Å². The molecule has 37 heavy (non-hydrogen) atoms. The average molecular weight is 674 g/mol. The number of hydrogen-bond donors (Lipinski definition) is 0. The molecule has 4 nitrogen and oxygen atoms in total. The zero-order chi connectivity index (χ0) is 24.3. The Hall–Kier alpha value is -3.66. The third-order valence-electron chi connectivity index (χ3n) is 7.09. The van der Waals surface area contributed by atoms with Gasteiger partial charge in [0, 0.05) is 23.3 Å². The van der Waals surface area contributed by atoms with Gasteiger partial charge in [-0.05, 0) is 35.5 Å². The normalized spacial score (nSPS) is 11.8. The maximum Gasteiger partial charge on any atom is 2.00 e. The van der Waals surface area contributed by atoms with E-state index in [2.05, 4.69) is 89.2 Å². The Morgan fingerprint density at radius 2 is 1.51 bits per heavy atom. The van der Waals surface area contributed by atoms with Crippen molar-refractivity contribution in [3.05, 3.63) is 109 Å². The number of imidazole rings is 1. The Morgan fingerprint density at radius 3 is 2.38 bits per heavy atom. The summed E-state index contributed by atoms with van der Waals surface area (Å²) in [5, 5.41) is 4.52. The van der Waals surface area contributed by atoms with Crippen molar-refractivity contribution < 1.29 is 21.1 Å². The van der Waals surface area contributed by atoms with Crippen LogP contribution in [0.2, 0.25) is 13.1 Å². The van der Waals surface area contributed by atoms with Gasteiger partial charge in [0.25, 0.3) is 0 Å². The molecule has 0 radical (unpaired) electrons. The van der Waals surface area contributed by atoms with Crippen LogP contribution in [-0.2, 0) is 21.1 Å². The zero-order valence-corrected chi connectivity index (χ0v) is 23.6. The van der Waals surface area contributed by atoms with Gasteiger partial charge in [0.2, 0.25) is 0 Å². The molecule has 0 aliphatic heterocycles. The molecule has 0 saturated carbocycles. The molecule has 0 N–H and O–H groups in total. The largest absolute Gasteiger partial charge is 2.00 e. The molecule has 6 heteroatoms. The van der Waals surface area contributed by atoms with Crippen LogP contribution in [0.5, 0.6) is 0 Å². The first-order chi connectivity index (χ1) is 17.6. The summed E-state index contributed by atoms with van der Waals surface area (Å²) in [5.41, 5.74) is 6.98. The fraction of sp³-hybridized carbons (Fsp3) is 0.0645. The number of hydrogen-bond acceptors (Lipinski definition) is 3. The van der Waals surface area contributed by atoms with Crippen molar-refractivity contribution in [3.8, 4) is 11.3 Å². The molecule has 0 aliphatic carbocycles. The van der Waals surface area contributed by atoms with E-state index >= 15 is 0 Å². The minimum Gasteiger partial charge on any atom is -0.335 e. The van der Waals surface area contributed by atoms with Crippen LogP contribution in [0.25, 0.3) is 49.7 Å². The SMILES string of the molecule is C[Si](C)(c1[c-]c(-c2ccccn2)ccc1)c1[c-]c2c3ncccc3c3nc4ccccc4n3c2cc1.[Pt+2]. The summed E-state index contributed by atoms with van der Waals surface area (Å²) in [6.07, 6.45) is 3.68. The smallest absolute Gasteiger partial charge is 0.335 e. The summed E-state index contributed by atoms with van der Waals surface area (Å²) in [4.78, 5) is 14.3. The van der Waals surface area contributed by atoms with Gasteiger partial charge in [-0.1, -0.05) is 43.4 Å². The molecule has 180 valence electrons. The van der Waals surface area contributed by atoms with Crippen molar-refractivity contribution >= 4 is 56.9 Å². The van der Waals surface area contributed by atoms with Crippen LogP contribution in [0.15, 0.2) is 97.3 Å². The fourth-order valence-electron chi connectivity index (χ4n) is 5.10. The van der Waals surface area contributed by atoms with E-state index in [1.165, 1.54) is 10.4 Å². The van der Waals surface area contributed by atoms with E-state index in [1.54, 1.807) is 0 Å². The molecular formula is C31H22N4PtSi. The molecule has 7 rings (SSSR count). The van der Waals surface area contributed by atoms with Crippen LogP contribution in [0.3, 0.4) is 0 Å². The molecule has 0 amide bonds. The number of para-hydroxylation sites is 2. The molecule has 3 aromatic carbocycles. The predicted molar refractivity (Wildman–Crippen MR) is 150 cm³/mol. The fourth-order valence-corrected chi connectivity index (χ4v) is 7.29. The molecule has 7 aromatic rings. The van der Waals surface area contributed by atoms with Gasteiger partial charge < -0.3 is 14.4 Å². The predicted octanol–water partition coefficient (Wildman–Crippen LogP) is 5.67. The summed E-state index contributed by atoms with van der Waals surface area (Å²) < 4.78 is 2.25. The Morgan fingerprint density at radius 1 is 0.703 bits per heavy atom. The number of rotatable bonds is 3. The number of fused-ring (bicyclic) bond motifs is 8. The molecule has 0 atom stereocenters. The number of aromatic nitrogens is 4. The Balaban J connectivity index is 0.00000252. The summed E-state index contributed by atoms with van der Waals surface area (Å²) in [7, 11) is -2.12. The maximum atomic E-state index is 4.96. The van der Waals surface area contributed by atoms with Gasteiger partial charge in [-0.15, -0.1) is 63.8 Å². The zero-order valence-electron chi connectivity index (χ0n) is 20.3. The standard InChI is InChI=1S/C31H22N4Si.Pt/c1-36(2,22-10-7-9-21(19-22)26-12-5-6-17-32-26)23-15-16-28-25(20-23)30-24(11-8-18-33-30)31-34-27-13-3-4-14-29(27)35(28)31;/h3-18H,1-2H3;/q-2;+2. The molecule has 0 aliphatic rings. The Bertz CT molecular complexity index is 1930. The van der Waals surface area contributed by atoms with Crippen molar-refractivity contribution in [3.63, 3.8) is 0 Å². The molecule has 4 heterocycles. The van der Waals surface area contributed by atoms with E-state index in [9.17, 15) is 0 Å². The molecule has 0 bridgehead atoms. The van der Waals surface area contributed by atoms with Gasteiger partial charge in [0.15, 0.2) is 0 Å². The van der Waals surface area contributed by atoms with Crippen molar-refractivity contribution in [2.24, 2.45) is 0 Å². The topological polar surface area (TPSA) is 43.1 Å². The van der Waals surface area contributed by atoms with Gasteiger partial charge in [-0.25, -0.2) is 4.98 Å².